The van der Waals surface area contributed by atoms with Gasteiger partial charge in [-0.1, -0.05) is 6.92 Å². The summed E-state index contributed by atoms with van der Waals surface area (Å²) in [5.74, 6) is 0. The molecule has 2 atom stereocenters. The Morgan fingerprint density at radius 3 is 2.11 bits per heavy atom. The molecule has 0 amide bonds. The molecule has 0 N–H and O–H groups in total. The van der Waals surface area contributed by atoms with Crippen LogP contribution >= 0.6 is 0 Å². The Hall–Kier alpha value is -0.0400. The van der Waals surface area contributed by atoms with Gasteiger partial charge in [-0.05, 0) is 27.2 Å². The minimum Gasteiger partial charge on any atom is -0.292 e. The fourth-order valence-corrected chi connectivity index (χ4v) is 1.35. The fourth-order valence-electron chi connectivity index (χ4n) is 1.35. The van der Waals surface area contributed by atoms with E-state index in [1.54, 1.807) is 0 Å². The summed E-state index contributed by atoms with van der Waals surface area (Å²) in [6.45, 7) is 10.5. The van der Waals surface area contributed by atoms with Crippen LogP contribution < -0.4 is 0 Å². The van der Waals surface area contributed by atoms with E-state index in [-0.39, 0.29) is 0 Å². The van der Waals surface area contributed by atoms with Gasteiger partial charge < -0.3 is 0 Å². The first-order chi connectivity index (χ1) is 4.08. The van der Waals surface area contributed by atoms with E-state index in [0.29, 0.717) is 5.54 Å². The van der Waals surface area contributed by atoms with Crippen molar-refractivity contribution in [2.24, 2.45) is 0 Å². The minimum absolute atomic E-state index is 0.523. The molecule has 1 nitrogen and oxygen atoms in total. The van der Waals surface area contributed by atoms with E-state index in [1.165, 1.54) is 13.0 Å². The molecular formula is C8H17N. The van der Waals surface area contributed by atoms with Crippen molar-refractivity contribution in [3.8, 4) is 0 Å². The molecule has 1 aliphatic rings. The summed E-state index contributed by atoms with van der Waals surface area (Å²) in [5.41, 5.74) is 0.523. The van der Waals surface area contributed by atoms with Gasteiger partial charge in [0.1, 0.15) is 0 Å². The smallest absolute Gasteiger partial charge is 0.0284 e. The van der Waals surface area contributed by atoms with Gasteiger partial charge in [-0.3, -0.25) is 4.90 Å². The third-order valence-electron chi connectivity index (χ3n) is 2.35. The third-order valence-corrected chi connectivity index (χ3v) is 2.35. The van der Waals surface area contributed by atoms with Crippen molar-refractivity contribution in [2.75, 3.05) is 6.54 Å². The van der Waals surface area contributed by atoms with Crippen LogP contribution in [0.15, 0.2) is 0 Å². The van der Waals surface area contributed by atoms with Crippen molar-refractivity contribution >= 4 is 0 Å². The summed E-state index contributed by atoms with van der Waals surface area (Å²) in [6, 6.07) is 0.792. The third kappa shape index (κ3) is 1.26. The standard InChI is InChI=1S/C8H17N/c1-5-7(2)9-6-8(9,3)4/h7H,5-6H2,1-4H3. The lowest BCUT2D eigenvalue weighted by atomic mass is 10.2. The maximum absolute atomic E-state index is 2.53. The molecule has 1 rings (SSSR count). The molecule has 0 aromatic heterocycles. The number of nitrogens with zero attached hydrogens (tertiary/aromatic N) is 1. The number of hydrogen-bond donors (Lipinski definition) is 0. The summed E-state index contributed by atoms with van der Waals surface area (Å²) in [7, 11) is 0. The average molecular weight is 127 g/mol. The van der Waals surface area contributed by atoms with Crippen molar-refractivity contribution in [1.29, 1.82) is 0 Å². The van der Waals surface area contributed by atoms with Gasteiger partial charge in [-0.25, -0.2) is 0 Å². The zero-order valence-electron chi connectivity index (χ0n) is 6.94. The first-order valence-corrected chi connectivity index (χ1v) is 3.84. The topological polar surface area (TPSA) is 3.01 Å². The van der Waals surface area contributed by atoms with E-state index < -0.39 is 0 Å². The van der Waals surface area contributed by atoms with Crippen LogP contribution in [0, 0.1) is 0 Å². The SMILES string of the molecule is CCC(C)N1CC1(C)C. The summed E-state index contributed by atoms with van der Waals surface area (Å²) < 4.78 is 0. The molecule has 1 fully saturated rings. The zero-order chi connectivity index (χ0) is 7.07. The van der Waals surface area contributed by atoms with Crippen molar-refractivity contribution in [1.82, 2.24) is 4.90 Å². The monoisotopic (exact) mass is 127 g/mol. The Balaban J connectivity index is 2.33. The summed E-state index contributed by atoms with van der Waals surface area (Å²) in [5, 5.41) is 0. The summed E-state index contributed by atoms with van der Waals surface area (Å²) in [4.78, 5) is 2.53. The van der Waals surface area contributed by atoms with Gasteiger partial charge in [-0.15, -0.1) is 0 Å². The number of rotatable bonds is 2. The second-order valence-corrected chi connectivity index (χ2v) is 3.70. The Morgan fingerprint density at radius 1 is 1.56 bits per heavy atom. The Bertz CT molecular complexity index is 107. The number of hydrogen-bond acceptors (Lipinski definition) is 1. The van der Waals surface area contributed by atoms with E-state index in [0.717, 1.165) is 6.04 Å². The molecule has 1 heterocycles. The van der Waals surface area contributed by atoms with E-state index in [9.17, 15) is 0 Å². The molecule has 0 radical (unpaired) electrons. The molecule has 1 saturated heterocycles. The second kappa shape index (κ2) is 1.98. The van der Waals surface area contributed by atoms with Crippen molar-refractivity contribution in [2.45, 2.75) is 45.7 Å². The molecule has 0 aromatic carbocycles. The first kappa shape index (κ1) is 7.07. The van der Waals surface area contributed by atoms with Gasteiger partial charge in [0.05, 0.1) is 0 Å². The fraction of sp³-hybridized carbons (Fsp3) is 1.00. The molecule has 1 heteroatoms. The van der Waals surface area contributed by atoms with Crippen LogP contribution in [0.1, 0.15) is 34.1 Å². The maximum atomic E-state index is 2.53. The van der Waals surface area contributed by atoms with Gasteiger partial charge in [-0.2, -0.15) is 0 Å². The largest absolute Gasteiger partial charge is 0.292 e. The van der Waals surface area contributed by atoms with E-state index >= 15 is 0 Å². The van der Waals surface area contributed by atoms with Crippen LogP contribution in [0.5, 0.6) is 0 Å². The highest BCUT2D eigenvalue weighted by Crippen LogP contribution is 2.33. The normalized spacial score (nSPS) is 34.0. The molecule has 0 bridgehead atoms. The van der Waals surface area contributed by atoms with Crippen LogP contribution in [0.3, 0.4) is 0 Å². The van der Waals surface area contributed by atoms with Crippen LogP contribution in [-0.4, -0.2) is 23.0 Å². The Morgan fingerprint density at radius 2 is 2.00 bits per heavy atom. The predicted molar refractivity (Wildman–Crippen MR) is 40.5 cm³/mol. The molecule has 54 valence electrons. The average Bonchev–Trinajstić information content (AvgIpc) is 2.38. The highest BCUT2D eigenvalue weighted by molar-refractivity contribution is 5.01. The maximum Gasteiger partial charge on any atom is 0.0284 e. The van der Waals surface area contributed by atoms with Crippen molar-refractivity contribution < 1.29 is 0 Å². The molecule has 0 spiro atoms. The van der Waals surface area contributed by atoms with Crippen molar-refractivity contribution in [3.63, 3.8) is 0 Å². The lowest BCUT2D eigenvalue weighted by molar-refractivity contribution is 0.346. The van der Waals surface area contributed by atoms with Crippen LogP contribution in [0.25, 0.3) is 0 Å². The van der Waals surface area contributed by atoms with E-state index in [1.807, 2.05) is 0 Å². The van der Waals surface area contributed by atoms with Crippen LogP contribution in [-0.2, 0) is 0 Å². The highest BCUT2D eigenvalue weighted by Gasteiger charge is 2.44. The summed E-state index contributed by atoms with van der Waals surface area (Å²) in [6.07, 6.45) is 1.28. The van der Waals surface area contributed by atoms with Crippen molar-refractivity contribution in [3.05, 3.63) is 0 Å². The van der Waals surface area contributed by atoms with Crippen LogP contribution in [0.4, 0.5) is 0 Å². The summed E-state index contributed by atoms with van der Waals surface area (Å²) >= 11 is 0. The Kier molecular flexibility index (Phi) is 1.55. The molecule has 0 aromatic rings. The van der Waals surface area contributed by atoms with Gasteiger partial charge in [0.15, 0.2) is 0 Å². The second-order valence-electron chi connectivity index (χ2n) is 3.70. The Labute approximate surface area is 58.0 Å². The zero-order valence-corrected chi connectivity index (χ0v) is 6.94. The molecule has 1 aliphatic heterocycles. The van der Waals surface area contributed by atoms with E-state index in [2.05, 4.69) is 32.6 Å². The molecule has 0 saturated carbocycles. The van der Waals surface area contributed by atoms with Gasteiger partial charge in [0.25, 0.3) is 0 Å². The first-order valence-electron chi connectivity index (χ1n) is 3.84. The van der Waals surface area contributed by atoms with E-state index in [4.69, 9.17) is 0 Å². The predicted octanol–water partition coefficient (Wildman–Crippen LogP) is 1.88. The molecule has 0 aliphatic carbocycles. The molecule has 2 unspecified atom stereocenters. The van der Waals surface area contributed by atoms with Crippen LogP contribution in [0.2, 0.25) is 0 Å². The van der Waals surface area contributed by atoms with Gasteiger partial charge in [0.2, 0.25) is 0 Å². The van der Waals surface area contributed by atoms with Gasteiger partial charge >= 0.3 is 0 Å². The minimum atomic E-state index is 0.523. The molecule has 9 heavy (non-hydrogen) atoms. The highest BCUT2D eigenvalue weighted by atomic mass is 15.4. The quantitative estimate of drug-likeness (QED) is 0.512. The van der Waals surface area contributed by atoms with Gasteiger partial charge in [0, 0.05) is 18.1 Å². The lowest BCUT2D eigenvalue weighted by Crippen LogP contribution is -2.19. The molecular weight excluding hydrogens is 110 g/mol. The lowest BCUT2D eigenvalue weighted by Gasteiger charge is -2.12.